The number of nitrogens with zero attached hydrogens (tertiary/aromatic N) is 2. The highest BCUT2D eigenvalue weighted by atomic mass is 35.5. The van der Waals surface area contributed by atoms with Crippen LogP contribution in [0.15, 0.2) is 12.1 Å². The summed E-state index contributed by atoms with van der Waals surface area (Å²) in [6, 6.07) is 2.93. The van der Waals surface area contributed by atoms with Gasteiger partial charge in [0, 0.05) is 38.2 Å². The molecule has 1 heterocycles. The number of carbonyl (C=O) groups excluding carboxylic acids is 1. The Labute approximate surface area is 129 Å². The van der Waals surface area contributed by atoms with Crippen LogP contribution in [0.4, 0.5) is 10.1 Å². The lowest BCUT2D eigenvalue weighted by atomic mass is 10.1. The van der Waals surface area contributed by atoms with Gasteiger partial charge in [-0.3, -0.25) is 4.79 Å². The standard InChI is InChI=1S/C15H20ClFN2O2/c1-4-15(20)19-6-5-18(9-10(19)2)13-8-14(21-3)11(16)7-12(13)17/h7-8,10H,4-6,9H2,1-3H3/t10-/m0/s1. The third kappa shape index (κ3) is 3.23. The highest BCUT2D eigenvalue weighted by molar-refractivity contribution is 6.32. The molecule has 1 atom stereocenters. The molecule has 21 heavy (non-hydrogen) atoms. The van der Waals surface area contributed by atoms with Gasteiger partial charge in [0.05, 0.1) is 17.8 Å². The van der Waals surface area contributed by atoms with Crippen molar-refractivity contribution in [3.63, 3.8) is 0 Å². The molecule has 1 aromatic carbocycles. The van der Waals surface area contributed by atoms with E-state index in [1.807, 2.05) is 23.6 Å². The lowest BCUT2D eigenvalue weighted by Crippen LogP contribution is -2.54. The van der Waals surface area contributed by atoms with Gasteiger partial charge in [0.1, 0.15) is 11.6 Å². The van der Waals surface area contributed by atoms with Gasteiger partial charge in [-0.25, -0.2) is 4.39 Å². The fourth-order valence-corrected chi connectivity index (χ4v) is 2.89. The molecule has 1 fully saturated rings. The molecule has 1 aromatic rings. The van der Waals surface area contributed by atoms with Crippen molar-refractivity contribution in [2.45, 2.75) is 26.3 Å². The number of piperazine rings is 1. The molecule has 0 aromatic heterocycles. The quantitative estimate of drug-likeness (QED) is 0.860. The number of benzene rings is 1. The molecular weight excluding hydrogens is 295 g/mol. The number of carbonyl (C=O) groups is 1. The topological polar surface area (TPSA) is 32.8 Å². The molecule has 0 saturated carbocycles. The summed E-state index contributed by atoms with van der Waals surface area (Å²) in [5.41, 5.74) is 0.465. The second kappa shape index (κ2) is 6.52. The molecule has 0 bridgehead atoms. The summed E-state index contributed by atoms with van der Waals surface area (Å²) in [7, 11) is 1.50. The summed E-state index contributed by atoms with van der Waals surface area (Å²) in [6.45, 7) is 5.61. The first-order chi connectivity index (χ1) is 9.97. The van der Waals surface area contributed by atoms with Crippen LogP contribution in [0.25, 0.3) is 0 Å². The Balaban J connectivity index is 2.20. The van der Waals surface area contributed by atoms with Crippen molar-refractivity contribution in [1.29, 1.82) is 0 Å². The Hall–Kier alpha value is -1.49. The lowest BCUT2D eigenvalue weighted by molar-refractivity contribution is -0.133. The third-order valence-corrected chi connectivity index (χ3v) is 4.11. The molecule has 0 radical (unpaired) electrons. The fourth-order valence-electron chi connectivity index (χ4n) is 2.67. The Morgan fingerprint density at radius 3 is 2.76 bits per heavy atom. The van der Waals surface area contributed by atoms with Gasteiger partial charge < -0.3 is 14.5 Å². The normalized spacial score (nSPS) is 18.8. The van der Waals surface area contributed by atoms with Gasteiger partial charge >= 0.3 is 0 Å². The Morgan fingerprint density at radius 1 is 1.48 bits per heavy atom. The zero-order valence-electron chi connectivity index (χ0n) is 12.5. The lowest BCUT2D eigenvalue weighted by Gasteiger charge is -2.41. The van der Waals surface area contributed by atoms with E-state index in [1.54, 1.807) is 6.07 Å². The maximum absolute atomic E-state index is 14.1. The summed E-state index contributed by atoms with van der Waals surface area (Å²) in [4.78, 5) is 15.6. The molecule has 6 heteroatoms. The summed E-state index contributed by atoms with van der Waals surface area (Å²) < 4.78 is 19.3. The number of anilines is 1. The van der Waals surface area contributed by atoms with Crippen molar-refractivity contribution in [2.24, 2.45) is 0 Å². The van der Waals surface area contributed by atoms with Gasteiger partial charge in [-0.1, -0.05) is 18.5 Å². The first-order valence-electron chi connectivity index (χ1n) is 7.05. The molecule has 1 amide bonds. The summed E-state index contributed by atoms with van der Waals surface area (Å²) in [5, 5.41) is 0.256. The molecule has 1 saturated heterocycles. The van der Waals surface area contributed by atoms with Gasteiger partial charge in [-0.15, -0.1) is 0 Å². The number of hydrogen-bond donors (Lipinski definition) is 0. The van der Waals surface area contributed by atoms with Gasteiger partial charge in [-0.2, -0.15) is 0 Å². The van der Waals surface area contributed by atoms with Gasteiger partial charge in [0.2, 0.25) is 5.91 Å². The van der Waals surface area contributed by atoms with Crippen LogP contribution in [0.3, 0.4) is 0 Å². The molecular formula is C15H20ClFN2O2. The van der Waals surface area contributed by atoms with E-state index in [4.69, 9.17) is 16.3 Å². The minimum Gasteiger partial charge on any atom is -0.495 e. The maximum Gasteiger partial charge on any atom is 0.222 e. The molecule has 0 spiro atoms. The molecule has 0 aliphatic carbocycles. The van der Waals surface area contributed by atoms with Crippen molar-refractivity contribution in [3.8, 4) is 5.75 Å². The number of ether oxygens (including phenoxy) is 1. The maximum atomic E-state index is 14.1. The van der Waals surface area contributed by atoms with E-state index in [0.29, 0.717) is 37.5 Å². The van der Waals surface area contributed by atoms with Crippen LogP contribution in [-0.2, 0) is 4.79 Å². The molecule has 1 aliphatic heterocycles. The van der Waals surface area contributed by atoms with Crippen LogP contribution < -0.4 is 9.64 Å². The van der Waals surface area contributed by atoms with E-state index in [0.717, 1.165) is 0 Å². The van der Waals surface area contributed by atoms with Crippen LogP contribution >= 0.6 is 11.6 Å². The van der Waals surface area contributed by atoms with Crippen LogP contribution in [0.1, 0.15) is 20.3 Å². The van der Waals surface area contributed by atoms with Crippen molar-refractivity contribution >= 4 is 23.2 Å². The Kier molecular flexibility index (Phi) is 4.93. The van der Waals surface area contributed by atoms with Crippen LogP contribution in [0.5, 0.6) is 5.75 Å². The van der Waals surface area contributed by atoms with Crippen molar-refractivity contribution in [1.82, 2.24) is 4.90 Å². The molecule has 0 unspecified atom stereocenters. The van der Waals surface area contributed by atoms with E-state index >= 15 is 0 Å². The van der Waals surface area contributed by atoms with E-state index < -0.39 is 0 Å². The zero-order chi connectivity index (χ0) is 15.6. The molecule has 4 nitrogen and oxygen atoms in total. The minimum atomic E-state index is -0.372. The van der Waals surface area contributed by atoms with Crippen molar-refractivity contribution in [3.05, 3.63) is 23.0 Å². The highest BCUT2D eigenvalue weighted by Crippen LogP contribution is 2.33. The van der Waals surface area contributed by atoms with Crippen LogP contribution in [0, 0.1) is 5.82 Å². The number of halogens is 2. The number of hydrogen-bond acceptors (Lipinski definition) is 3. The van der Waals surface area contributed by atoms with Crippen molar-refractivity contribution < 1.29 is 13.9 Å². The zero-order valence-corrected chi connectivity index (χ0v) is 13.3. The summed E-state index contributed by atoms with van der Waals surface area (Å²) in [5.74, 6) is 0.215. The molecule has 0 N–H and O–H groups in total. The Morgan fingerprint density at radius 2 is 2.19 bits per heavy atom. The minimum absolute atomic E-state index is 0.0484. The van der Waals surface area contributed by atoms with Gasteiger partial charge in [-0.05, 0) is 13.0 Å². The largest absolute Gasteiger partial charge is 0.495 e. The predicted molar refractivity (Wildman–Crippen MR) is 81.6 cm³/mol. The van der Waals surface area contributed by atoms with Crippen LogP contribution in [0.2, 0.25) is 5.02 Å². The fraction of sp³-hybridized carbons (Fsp3) is 0.533. The average molecular weight is 315 g/mol. The monoisotopic (exact) mass is 314 g/mol. The number of amides is 1. The summed E-state index contributed by atoms with van der Waals surface area (Å²) >= 11 is 5.92. The molecule has 1 aliphatic rings. The van der Waals surface area contributed by atoms with Gasteiger partial charge in [0.25, 0.3) is 0 Å². The van der Waals surface area contributed by atoms with E-state index in [2.05, 4.69) is 0 Å². The predicted octanol–water partition coefficient (Wildman–Crippen LogP) is 2.93. The second-order valence-electron chi connectivity index (χ2n) is 5.17. The molecule has 116 valence electrons. The second-order valence-corrected chi connectivity index (χ2v) is 5.58. The third-order valence-electron chi connectivity index (χ3n) is 3.81. The van der Waals surface area contributed by atoms with E-state index in [9.17, 15) is 9.18 Å². The van der Waals surface area contributed by atoms with E-state index in [1.165, 1.54) is 13.2 Å². The van der Waals surface area contributed by atoms with Gasteiger partial charge in [0.15, 0.2) is 0 Å². The van der Waals surface area contributed by atoms with Crippen LogP contribution in [-0.4, -0.2) is 43.6 Å². The molecule has 2 rings (SSSR count). The SMILES string of the molecule is CCC(=O)N1CCN(c2cc(OC)c(Cl)cc2F)C[C@@H]1C. The number of methoxy groups -OCH3 is 1. The first-order valence-corrected chi connectivity index (χ1v) is 7.43. The average Bonchev–Trinajstić information content (AvgIpc) is 2.46. The first kappa shape index (κ1) is 15.9. The highest BCUT2D eigenvalue weighted by Gasteiger charge is 2.28. The summed E-state index contributed by atoms with van der Waals surface area (Å²) in [6.07, 6.45) is 0.494. The smallest absolute Gasteiger partial charge is 0.222 e. The number of rotatable bonds is 3. The Bertz CT molecular complexity index is 539. The van der Waals surface area contributed by atoms with Crippen molar-refractivity contribution in [2.75, 3.05) is 31.6 Å². The van der Waals surface area contributed by atoms with E-state index in [-0.39, 0.29) is 22.8 Å².